The van der Waals surface area contributed by atoms with Gasteiger partial charge in [-0.15, -0.1) is 0 Å². The second kappa shape index (κ2) is 5.24. The normalized spacial score (nSPS) is 32.9. The van der Waals surface area contributed by atoms with Crippen molar-refractivity contribution in [1.82, 2.24) is 4.90 Å². The molecule has 1 aliphatic carbocycles. The summed E-state index contributed by atoms with van der Waals surface area (Å²) in [6.07, 6.45) is 8.58. The zero-order valence-electron chi connectivity index (χ0n) is 12.9. The third-order valence-electron chi connectivity index (χ3n) is 6.24. The Morgan fingerprint density at radius 2 is 1.71 bits per heavy atom. The van der Waals surface area contributed by atoms with Crippen LogP contribution >= 0.6 is 0 Å². The third-order valence-corrected chi connectivity index (χ3v) is 6.24. The van der Waals surface area contributed by atoms with Gasteiger partial charge < -0.3 is 4.90 Å². The molecule has 1 aromatic rings. The van der Waals surface area contributed by atoms with Crippen molar-refractivity contribution in [3.8, 4) is 0 Å². The summed E-state index contributed by atoms with van der Waals surface area (Å²) in [4.78, 5) is 15.6. The summed E-state index contributed by atoms with van der Waals surface area (Å²) < 4.78 is 0. The molecule has 2 atom stereocenters. The summed E-state index contributed by atoms with van der Waals surface area (Å²) in [7, 11) is 2.24. The molecule has 2 saturated heterocycles. The van der Waals surface area contributed by atoms with Crippen LogP contribution in [-0.2, 0) is 0 Å². The van der Waals surface area contributed by atoms with Crippen molar-refractivity contribution >= 4 is 5.78 Å². The van der Waals surface area contributed by atoms with Crippen LogP contribution in [0.25, 0.3) is 0 Å². The first-order valence-corrected chi connectivity index (χ1v) is 8.59. The highest BCUT2D eigenvalue weighted by atomic mass is 16.1. The molecule has 2 heteroatoms. The highest BCUT2D eigenvalue weighted by molar-refractivity contribution is 5.99. The van der Waals surface area contributed by atoms with Crippen LogP contribution in [0.3, 0.4) is 0 Å². The molecule has 3 aliphatic rings. The molecule has 112 valence electrons. The van der Waals surface area contributed by atoms with Gasteiger partial charge in [0, 0.05) is 23.6 Å². The third kappa shape index (κ3) is 2.24. The molecule has 3 fully saturated rings. The van der Waals surface area contributed by atoms with E-state index >= 15 is 0 Å². The summed E-state index contributed by atoms with van der Waals surface area (Å²) in [5.74, 6) is 1.34. The zero-order valence-corrected chi connectivity index (χ0v) is 12.9. The van der Waals surface area contributed by atoms with E-state index in [0.29, 0.717) is 23.8 Å². The molecule has 2 bridgehead atoms. The lowest BCUT2D eigenvalue weighted by Crippen LogP contribution is -2.42. The van der Waals surface area contributed by atoms with Gasteiger partial charge in [0.05, 0.1) is 0 Å². The first-order chi connectivity index (χ1) is 10.2. The van der Waals surface area contributed by atoms with E-state index in [9.17, 15) is 4.79 Å². The first-order valence-electron chi connectivity index (χ1n) is 8.59. The van der Waals surface area contributed by atoms with Crippen molar-refractivity contribution in [2.45, 2.75) is 62.9 Å². The van der Waals surface area contributed by atoms with Crippen molar-refractivity contribution in [2.24, 2.45) is 5.92 Å². The molecule has 1 aromatic carbocycles. The average Bonchev–Trinajstić information content (AvgIpc) is 2.67. The Hall–Kier alpha value is -1.15. The standard InChI is InChI=1S/C19H25NO/c1-20-15-9-10-16(20)12-14(11-15)19(21)18-8-3-2-7-17(18)13-5-4-6-13/h2-3,7-8,13-16H,4-6,9-12H2,1H3. The Morgan fingerprint density at radius 1 is 1.05 bits per heavy atom. The molecule has 2 heterocycles. The molecule has 2 unspecified atom stereocenters. The van der Waals surface area contributed by atoms with E-state index < -0.39 is 0 Å². The van der Waals surface area contributed by atoms with Crippen LogP contribution in [-0.4, -0.2) is 29.8 Å². The van der Waals surface area contributed by atoms with Gasteiger partial charge in [0.25, 0.3) is 0 Å². The second-order valence-corrected chi connectivity index (χ2v) is 7.30. The molecule has 0 amide bonds. The lowest BCUT2D eigenvalue weighted by molar-refractivity contribution is 0.0765. The van der Waals surface area contributed by atoms with Gasteiger partial charge >= 0.3 is 0 Å². The molecule has 2 nitrogen and oxygen atoms in total. The molecule has 0 spiro atoms. The number of benzene rings is 1. The van der Waals surface area contributed by atoms with Crippen molar-refractivity contribution in [3.05, 3.63) is 35.4 Å². The predicted octanol–water partition coefficient (Wildman–Crippen LogP) is 4.01. The number of fused-ring (bicyclic) bond motifs is 2. The zero-order chi connectivity index (χ0) is 14.4. The molecule has 1 saturated carbocycles. The Labute approximate surface area is 127 Å². The lowest BCUT2D eigenvalue weighted by atomic mass is 9.75. The second-order valence-electron chi connectivity index (χ2n) is 7.30. The number of ketones is 1. The Balaban J connectivity index is 1.58. The summed E-state index contributed by atoms with van der Waals surface area (Å²) >= 11 is 0. The van der Waals surface area contributed by atoms with Gasteiger partial charge in [-0.2, -0.15) is 0 Å². The fourth-order valence-electron chi connectivity index (χ4n) is 4.64. The van der Waals surface area contributed by atoms with Crippen molar-refractivity contribution in [3.63, 3.8) is 0 Å². The predicted molar refractivity (Wildman–Crippen MR) is 84.7 cm³/mol. The van der Waals surface area contributed by atoms with Crippen LogP contribution in [0.4, 0.5) is 0 Å². The Morgan fingerprint density at radius 3 is 2.33 bits per heavy atom. The monoisotopic (exact) mass is 283 g/mol. The van der Waals surface area contributed by atoms with Crippen LogP contribution in [0.2, 0.25) is 0 Å². The number of hydrogen-bond donors (Lipinski definition) is 0. The molecule has 2 aliphatic heterocycles. The van der Waals surface area contributed by atoms with Crippen LogP contribution < -0.4 is 0 Å². The van der Waals surface area contributed by atoms with E-state index in [2.05, 4.69) is 30.1 Å². The summed E-state index contributed by atoms with van der Waals surface area (Å²) in [6.45, 7) is 0. The lowest BCUT2D eigenvalue weighted by Gasteiger charge is -2.36. The van der Waals surface area contributed by atoms with E-state index in [4.69, 9.17) is 0 Å². The minimum absolute atomic E-state index is 0.264. The van der Waals surface area contributed by atoms with Crippen molar-refractivity contribution in [2.75, 3.05) is 7.05 Å². The van der Waals surface area contributed by atoms with Crippen LogP contribution in [0.5, 0.6) is 0 Å². The Bertz CT molecular complexity index is 534. The highest BCUT2D eigenvalue weighted by Gasteiger charge is 2.41. The van der Waals surface area contributed by atoms with E-state index in [1.54, 1.807) is 0 Å². The van der Waals surface area contributed by atoms with Crippen LogP contribution in [0.15, 0.2) is 24.3 Å². The summed E-state index contributed by atoms with van der Waals surface area (Å²) in [5.41, 5.74) is 2.37. The maximum atomic E-state index is 13.1. The largest absolute Gasteiger partial charge is 0.300 e. The average molecular weight is 283 g/mol. The molecule has 21 heavy (non-hydrogen) atoms. The number of rotatable bonds is 3. The van der Waals surface area contributed by atoms with Gasteiger partial charge in [-0.05, 0) is 57.1 Å². The van der Waals surface area contributed by atoms with Gasteiger partial charge in [0.1, 0.15) is 0 Å². The maximum absolute atomic E-state index is 13.1. The number of carbonyl (C=O) groups excluding carboxylic acids is 1. The number of piperidine rings is 1. The molecule has 0 radical (unpaired) electrons. The smallest absolute Gasteiger partial charge is 0.166 e. The van der Waals surface area contributed by atoms with Crippen LogP contribution in [0, 0.1) is 5.92 Å². The van der Waals surface area contributed by atoms with Gasteiger partial charge in [-0.3, -0.25) is 4.79 Å². The number of nitrogens with zero attached hydrogens (tertiary/aromatic N) is 1. The van der Waals surface area contributed by atoms with Crippen molar-refractivity contribution in [1.29, 1.82) is 0 Å². The molecular formula is C19H25NO. The summed E-state index contributed by atoms with van der Waals surface area (Å²) in [6, 6.07) is 9.71. The summed E-state index contributed by atoms with van der Waals surface area (Å²) in [5, 5.41) is 0. The Kier molecular flexibility index (Phi) is 3.37. The molecule has 4 rings (SSSR count). The van der Waals surface area contributed by atoms with Gasteiger partial charge in [-0.1, -0.05) is 30.7 Å². The van der Waals surface area contributed by atoms with E-state index in [0.717, 1.165) is 18.4 Å². The number of Topliss-reactive ketones (excluding diaryl/α,β-unsaturated/α-hetero) is 1. The number of carbonyl (C=O) groups is 1. The van der Waals surface area contributed by atoms with Crippen molar-refractivity contribution < 1.29 is 4.79 Å². The fraction of sp³-hybridized carbons (Fsp3) is 0.632. The van der Waals surface area contributed by atoms with Gasteiger partial charge in [0.2, 0.25) is 0 Å². The fourth-order valence-corrected chi connectivity index (χ4v) is 4.64. The minimum Gasteiger partial charge on any atom is -0.300 e. The SMILES string of the molecule is CN1C2CCC1CC(C(=O)c1ccccc1C1CCC1)C2. The first kappa shape index (κ1) is 13.5. The van der Waals surface area contributed by atoms with E-state index in [1.165, 1.54) is 37.7 Å². The van der Waals surface area contributed by atoms with Crippen LogP contribution in [0.1, 0.15) is 66.8 Å². The quantitative estimate of drug-likeness (QED) is 0.781. The van der Waals surface area contributed by atoms with Gasteiger partial charge in [0.15, 0.2) is 5.78 Å². The minimum atomic E-state index is 0.264. The van der Waals surface area contributed by atoms with E-state index in [-0.39, 0.29) is 5.92 Å². The maximum Gasteiger partial charge on any atom is 0.166 e. The number of hydrogen-bond acceptors (Lipinski definition) is 2. The van der Waals surface area contributed by atoms with E-state index in [1.807, 2.05) is 6.07 Å². The molecule has 0 aromatic heterocycles. The highest BCUT2D eigenvalue weighted by Crippen LogP contribution is 2.42. The molecule has 0 N–H and O–H groups in total. The molecular weight excluding hydrogens is 258 g/mol. The van der Waals surface area contributed by atoms with Gasteiger partial charge in [-0.25, -0.2) is 0 Å². The topological polar surface area (TPSA) is 20.3 Å².